The van der Waals surface area contributed by atoms with Gasteiger partial charge >= 0.3 is 0 Å². The molecule has 0 saturated heterocycles. The van der Waals surface area contributed by atoms with E-state index < -0.39 is 0 Å². The van der Waals surface area contributed by atoms with Crippen LogP contribution >= 0.6 is 0 Å². The van der Waals surface area contributed by atoms with E-state index in [1.165, 1.54) is 5.56 Å². The first-order valence-corrected chi connectivity index (χ1v) is 9.60. The standard InChI is InChI=1S/C22H26N4O/c1-14(2)20-22(27)25-19-11-17(9-10-18(19)24-20)21-23-12-15(3)26(21)13-16-7-5-4-6-8-16/h4-11,14-15,20,24H,12-13H2,1-3H3,(H,25,27). The van der Waals surface area contributed by atoms with E-state index in [4.69, 9.17) is 4.99 Å². The minimum atomic E-state index is -0.193. The molecule has 5 heteroatoms. The van der Waals surface area contributed by atoms with Gasteiger partial charge in [-0.2, -0.15) is 0 Å². The Labute approximate surface area is 160 Å². The third kappa shape index (κ3) is 3.42. The highest BCUT2D eigenvalue weighted by Gasteiger charge is 2.30. The van der Waals surface area contributed by atoms with E-state index in [9.17, 15) is 4.79 Å². The third-order valence-electron chi connectivity index (χ3n) is 5.30. The average Bonchev–Trinajstić information content (AvgIpc) is 3.02. The maximum absolute atomic E-state index is 12.4. The van der Waals surface area contributed by atoms with Crippen LogP contribution in [0.15, 0.2) is 53.5 Å². The Hall–Kier alpha value is -2.82. The molecule has 1 amide bonds. The Morgan fingerprint density at radius 3 is 2.67 bits per heavy atom. The van der Waals surface area contributed by atoms with Gasteiger partial charge in [0.1, 0.15) is 11.9 Å². The van der Waals surface area contributed by atoms with E-state index in [0.29, 0.717) is 6.04 Å². The minimum Gasteiger partial charge on any atom is -0.372 e. The van der Waals surface area contributed by atoms with Crippen LogP contribution in [0.1, 0.15) is 31.9 Å². The van der Waals surface area contributed by atoms with Crippen LogP contribution in [0.3, 0.4) is 0 Å². The maximum atomic E-state index is 12.4. The minimum absolute atomic E-state index is 0.0255. The molecule has 2 aliphatic heterocycles. The van der Waals surface area contributed by atoms with Crippen LogP contribution in [0.2, 0.25) is 0 Å². The highest BCUT2D eigenvalue weighted by molar-refractivity contribution is 6.06. The lowest BCUT2D eigenvalue weighted by atomic mass is 9.99. The smallest absolute Gasteiger partial charge is 0.247 e. The van der Waals surface area contributed by atoms with Gasteiger partial charge in [-0.3, -0.25) is 9.79 Å². The Morgan fingerprint density at radius 2 is 1.93 bits per heavy atom. The van der Waals surface area contributed by atoms with Crippen molar-refractivity contribution in [3.63, 3.8) is 0 Å². The number of nitrogens with zero attached hydrogens (tertiary/aromatic N) is 2. The number of hydrogen-bond acceptors (Lipinski definition) is 4. The second-order valence-electron chi connectivity index (χ2n) is 7.74. The van der Waals surface area contributed by atoms with Gasteiger partial charge in [0.15, 0.2) is 0 Å². The van der Waals surface area contributed by atoms with Gasteiger partial charge in [0.25, 0.3) is 0 Å². The number of nitrogens with one attached hydrogen (secondary N) is 2. The molecular formula is C22H26N4O. The summed E-state index contributed by atoms with van der Waals surface area (Å²) in [6.07, 6.45) is 0. The van der Waals surface area contributed by atoms with Crippen molar-refractivity contribution in [2.45, 2.75) is 39.4 Å². The van der Waals surface area contributed by atoms with Gasteiger partial charge in [0, 0.05) is 18.2 Å². The summed E-state index contributed by atoms with van der Waals surface area (Å²) in [6, 6.07) is 16.8. The summed E-state index contributed by atoms with van der Waals surface area (Å²) in [5, 5.41) is 6.41. The quantitative estimate of drug-likeness (QED) is 0.871. The third-order valence-corrected chi connectivity index (χ3v) is 5.30. The Morgan fingerprint density at radius 1 is 1.15 bits per heavy atom. The molecule has 0 bridgehead atoms. The fraction of sp³-hybridized carbons (Fsp3) is 0.364. The monoisotopic (exact) mass is 362 g/mol. The summed E-state index contributed by atoms with van der Waals surface area (Å²) in [5.74, 6) is 1.26. The van der Waals surface area contributed by atoms with Crippen molar-refractivity contribution in [1.29, 1.82) is 0 Å². The van der Waals surface area contributed by atoms with Crippen molar-refractivity contribution in [3.8, 4) is 0 Å². The molecule has 0 aliphatic carbocycles. The molecule has 2 aromatic rings. The highest BCUT2D eigenvalue weighted by atomic mass is 16.2. The Balaban J connectivity index is 1.60. The van der Waals surface area contributed by atoms with Gasteiger partial charge < -0.3 is 15.5 Å². The normalized spacial score (nSPS) is 21.6. The lowest BCUT2D eigenvalue weighted by molar-refractivity contribution is -0.117. The number of amides is 1. The summed E-state index contributed by atoms with van der Waals surface area (Å²) in [6.45, 7) is 7.92. The largest absolute Gasteiger partial charge is 0.372 e. The van der Waals surface area contributed by atoms with Crippen molar-refractivity contribution in [3.05, 3.63) is 59.7 Å². The van der Waals surface area contributed by atoms with Gasteiger partial charge in [-0.05, 0) is 36.6 Å². The SMILES string of the molecule is CC(C)C1Nc2ccc(C3=NCC(C)N3Cc3ccccc3)cc2NC1=O. The molecule has 0 aromatic heterocycles. The van der Waals surface area contributed by atoms with Crippen molar-refractivity contribution in [1.82, 2.24) is 4.90 Å². The predicted octanol–water partition coefficient (Wildman–Crippen LogP) is 3.73. The number of anilines is 2. The Bertz CT molecular complexity index is 875. The van der Waals surface area contributed by atoms with Crippen LogP contribution in [-0.4, -0.2) is 35.3 Å². The molecule has 2 N–H and O–H groups in total. The van der Waals surface area contributed by atoms with Crippen molar-refractivity contribution in [2.75, 3.05) is 17.2 Å². The maximum Gasteiger partial charge on any atom is 0.247 e. The first-order chi connectivity index (χ1) is 13.0. The first-order valence-electron chi connectivity index (χ1n) is 9.60. The lowest BCUT2D eigenvalue weighted by Crippen LogP contribution is -2.42. The summed E-state index contributed by atoms with van der Waals surface area (Å²) in [5.41, 5.74) is 4.11. The number of carbonyl (C=O) groups is 1. The van der Waals surface area contributed by atoms with Crippen LogP contribution < -0.4 is 10.6 Å². The van der Waals surface area contributed by atoms with Gasteiger partial charge in [0.05, 0.1) is 17.9 Å². The topological polar surface area (TPSA) is 56.7 Å². The summed E-state index contributed by atoms with van der Waals surface area (Å²) in [4.78, 5) is 19.5. The van der Waals surface area contributed by atoms with Gasteiger partial charge in [0.2, 0.25) is 5.91 Å². The van der Waals surface area contributed by atoms with Crippen molar-refractivity contribution < 1.29 is 4.79 Å². The van der Waals surface area contributed by atoms with Crippen molar-refractivity contribution in [2.24, 2.45) is 10.9 Å². The first kappa shape index (κ1) is 17.6. The number of carbonyl (C=O) groups excluding carboxylic acids is 1. The van der Waals surface area contributed by atoms with E-state index in [1.54, 1.807) is 0 Å². The predicted molar refractivity (Wildman–Crippen MR) is 110 cm³/mol. The van der Waals surface area contributed by atoms with Crippen LogP contribution in [0.25, 0.3) is 0 Å². The van der Waals surface area contributed by atoms with Crippen LogP contribution in [0.4, 0.5) is 11.4 Å². The molecule has 2 aromatic carbocycles. The van der Waals surface area contributed by atoms with Gasteiger partial charge in [-0.15, -0.1) is 0 Å². The van der Waals surface area contributed by atoms with Gasteiger partial charge in [-0.1, -0.05) is 44.2 Å². The number of rotatable bonds is 4. The van der Waals surface area contributed by atoms with Crippen LogP contribution in [0, 0.1) is 5.92 Å². The molecule has 140 valence electrons. The second-order valence-corrected chi connectivity index (χ2v) is 7.74. The molecule has 0 spiro atoms. The average molecular weight is 362 g/mol. The van der Waals surface area contributed by atoms with E-state index >= 15 is 0 Å². The van der Waals surface area contributed by atoms with Crippen molar-refractivity contribution >= 4 is 23.1 Å². The van der Waals surface area contributed by atoms with E-state index in [1.807, 2.05) is 32.0 Å². The molecule has 4 rings (SSSR count). The summed E-state index contributed by atoms with van der Waals surface area (Å²) >= 11 is 0. The number of fused-ring (bicyclic) bond motifs is 1. The molecule has 0 radical (unpaired) electrons. The number of aliphatic imine (C=N–C) groups is 1. The highest BCUT2D eigenvalue weighted by Crippen LogP contribution is 2.31. The number of benzene rings is 2. The molecule has 0 saturated carbocycles. The van der Waals surface area contributed by atoms with E-state index in [2.05, 4.69) is 52.8 Å². The molecule has 0 fully saturated rings. The number of hydrogen-bond donors (Lipinski definition) is 2. The molecule has 2 aliphatic rings. The molecule has 27 heavy (non-hydrogen) atoms. The van der Waals surface area contributed by atoms with Crippen LogP contribution in [0.5, 0.6) is 0 Å². The molecule has 5 nitrogen and oxygen atoms in total. The zero-order valence-electron chi connectivity index (χ0n) is 16.1. The summed E-state index contributed by atoms with van der Waals surface area (Å²) in [7, 11) is 0. The zero-order chi connectivity index (χ0) is 19.0. The van der Waals surface area contributed by atoms with E-state index in [-0.39, 0.29) is 17.9 Å². The molecule has 2 atom stereocenters. The van der Waals surface area contributed by atoms with E-state index in [0.717, 1.165) is 35.9 Å². The number of amidine groups is 1. The molecular weight excluding hydrogens is 336 g/mol. The summed E-state index contributed by atoms with van der Waals surface area (Å²) < 4.78 is 0. The zero-order valence-corrected chi connectivity index (χ0v) is 16.1. The molecule has 2 unspecified atom stereocenters. The lowest BCUT2D eigenvalue weighted by Gasteiger charge is -2.30. The second kappa shape index (κ2) is 7.06. The van der Waals surface area contributed by atoms with Crippen LogP contribution in [-0.2, 0) is 11.3 Å². The fourth-order valence-electron chi connectivity index (χ4n) is 3.71. The fourth-order valence-corrected chi connectivity index (χ4v) is 3.71. The Kier molecular flexibility index (Phi) is 4.60. The van der Waals surface area contributed by atoms with Gasteiger partial charge in [-0.25, -0.2) is 0 Å². The molecule has 2 heterocycles.